The van der Waals surface area contributed by atoms with Crippen LogP contribution in [0, 0.1) is 6.92 Å². The van der Waals surface area contributed by atoms with Gasteiger partial charge >= 0.3 is 0 Å². The standard InChI is InChI=1S/C14H16N2O2/c1-10-2-4-11(5-3-10)12(6-8-13(15)17)7-9-14(16)18/h2-9,12H,1H3,(H2,15,17)(H2,16,18)/b8-6+,9-7+. The Balaban J connectivity index is 2.99. The molecule has 4 N–H and O–H groups in total. The zero-order valence-electron chi connectivity index (χ0n) is 10.2. The molecule has 2 amide bonds. The molecule has 0 spiro atoms. The van der Waals surface area contributed by atoms with Gasteiger partial charge in [-0.2, -0.15) is 0 Å². The Bertz CT molecular complexity index is 463. The van der Waals surface area contributed by atoms with Gasteiger partial charge in [-0.05, 0) is 24.6 Å². The number of hydrogen-bond donors (Lipinski definition) is 2. The van der Waals surface area contributed by atoms with E-state index in [2.05, 4.69) is 0 Å². The normalized spacial score (nSPS) is 11.4. The molecule has 0 atom stereocenters. The first kappa shape index (κ1) is 13.7. The van der Waals surface area contributed by atoms with Crippen LogP contribution in [0.5, 0.6) is 0 Å². The van der Waals surface area contributed by atoms with Crippen LogP contribution in [0.2, 0.25) is 0 Å². The van der Waals surface area contributed by atoms with E-state index in [1.165, 1.54) is 12.2 Å². The molecular weight excluding hydrogens is 228 g/mol. The molecule has 0 aromatic heterocycles. The van der Waals surface area contributed by atoms with Crippen LogP contribution < -0.4 is 11.5 Å². The highest BCUT2D eigenvalue weighted by Gasteiger charge is 2.04. The Morgan fingerprint density at radius 1 is 1.00 bits per heavy atom. The summed E-state index contributed by atoms with van der Waals surface area (Å²) >= 11 is 0. The van der Waals surface area contributed by atoms with E-state index in [0.29, 0.717) is 0 Å². The Labute approximate surface area is 106 Å². The fourth-order valence-corrected chi connectivity index (χ4v) is 1.47. The SMILES string of the molecule is Cc1ccc(C(/C=C/C(N)=O)/C=C/C(N)=O)cc1. The third-order valence-corrected chi connectivity index (χ3v) is 2.40. The molecule has 1 aromatic rings. The van der Waals surface area contributed by atoms with Crippen molar-refractivity contribution in [3.05, 3.63) is 59.7 Å². The predicted molar refractivity (Wildman–Crippen MR) is 70.6 cm³/mol. The molecule has 0 bridgehead atoms. The maximum Gasteiger partial charge on any atom is 0.241 e. The van der Waals surface area contributed by atoms with Crippen molar-refractivity contribution in [1.29, 1.82) is 0 Å². The number of benzene rings is 1. The largest absolute Gasteiger partial charge is 0.366 e. The van der Waals surface area contributed by atoms with Gasteiger partial charge in [0.25, 0.3) is 0 Å². The monoisotopic (exact) mass is 244 g/mol. The highest BCUT2D eigenvalue weighted by atomic mass is 16.1. The molecule has 0 saturated heterocycles. The Hall–Kier alpha value is -2.36. The van der Waals surface area contributed by atoms with E-state index in [-0.39, 0.29) is 5.92 Å². The molecule has 0 saturated carbocycles. The van der Waals surface area contributed by atoms with Crippen LogP contribution >= 0.6 is 0 Å². The van der Waals surface area contributed by atoms with Crippen molar-refractivity contribution in [3.8, 4) is 0 Å². The quantitative estimate of drug-likeness (QED) is 0.761. The van der Waals surface area contributed by atoms with Gasteiger partial charge in [-0.15, -0.1) is 0 Å². The van der Waals surface area contributed by atoms with Crippen molar-refractivity contribution in [3.63, 3.8) is 0 Å². The lowest BCUT2D eigenvalue weighted by Gasteiger charge is -2.08. The van der Waals surface area contributed by atoms with Crippen molar-refractivity contribution in [2.45, 2.75) is 12.8 Å². The van der Waals surface area contributed by atoms with Crippen LogP contribution in [0.15, 0.2) is 48.6 Å². The van der Waals surface area contributed by atoms with E-state index >= 15 is 0 Å². The zero-order valence-corrected chi connectivity index (χ0v) is 10.2. The van der Waals surface area contributed by atoms with E-state index in [1.54, 1.807) is 12.2 Å². The topological polar surface area (TPSA) is 86.2 Å². The fourth-order valence-electron chi connectivity index (χ4n) is 1.47. The summed E-state index contributed by atoms with van der Waals surface area (Å²) in [5.41, 5.74) is 12.2. The number of primary amides is 2. The molecule has 4 heteroatoms. The molecule has 0 heterocycles. The number of aryl methyl sites for hydroxylation is 1. The molecule has 18 heavy (non-hydrogen) atoms. The molecule has 1 aromatic carbocycles. The van der Waals surface area contributed by atoms with Crippen LogP contribution in [-0.4, -0.2) is 11.8 Å². The third kappa shape index (κ3) is 4.65. The van der Waals surface area contributed by atoms with Crippen molar-refractivity contribution >= 4 is 11.8 Å². The molecule has 94 valence electrons. The second-order valence-electron chi connectivity index (χ2n) is 3.96. The second-order valence-corrected chi connectivity index (χ2v) is 3.96. The van der Waals surface area contributed by atoms with Gasteiger partial charge in [0.05, 0.1) is 0 Å². The van der Waals surface area contributed by atoms with Crippen molar-refractivity contribution in [2.24, 2.45) is 11.5 Å². The molecule has 0 radical (unpaired) electrons. The van der Waals surface area contributed by atoms with Crippen molar-refractivity contribution in [2.75, 3.05) is 0 Å². The van der Waals surface area contributed by atoms with Gasteiger partial charge in [0.2, 0.25) is 11.8 Å². The molecule has 0 aliphatic carbocycles. The highest BCUT2D eigenvalue weighted by molar-refractivity contribution is 5.87. The number of nitrogens with two attached hydrogens (primary N) is 2. The minimum atomic E-state index is -0.528. The van der Waals surface area contributed by atoms with Gasteiger partial charge in [-0.1, -0.05) is 42.0 Å². The van der Waals surface area contributed by atoms with Crippen molar-refractivity contribution < 1.29 is 9.59 Å². The maximum absolute atomic E-state index is 10.7. The van der Waals surface area contributed by atoms with E-state index in [4.69, 9.17) is 11.5 Å². The molecule has 0 unspecified atom stereocenters. The first-order valence-corrected chi connectivity index (χ1v) is 5.51. The van der Waals surface area contributed by atoms with Gasteiger partial charge in [0.15, 0.2) is 0 Å². The lowest BCUT2D eigenvalue weighted by Crippen LogP contribution is -2.08. The molecular formula is C14H16N2O2. The van der Waals surface area contributed by atoms with E-state index in [9.17, 15) is 9.59 Å². The summed E-state index contributed by atoms with van der Waals surface area (Å²) in [6.07, 6.45) is 5.81. The molecule has 4 nitrogen and oxygen atoms in total. The Morgan fingerprint density at radius 3 is 1.83 bits per heavy atom. The summed E-state index contributed by atoms with van der Waals surface area (Å²) in [6.45, 7) is 1.98. The summed E-state index contributed by atoms with van der Waals surface area (Å²) in [5, 5.41) is 0. The van der Waals surface area contributed by atoms with E-state index < -0.39 is 11.8 Å². The summed E-state index contributed by atoms with van der Waals surface area (Å²) in [4.78, 5) is 21.5. The fraction of sp³-hybridized carbons (Fsp3) is 0.143. The van der Waals surface area contributed by atoms with Gasteiger partial charge in [-0.3, -0.25) is 9.59 Å². The number of hydrogen-bond acceptors (Lipinski definition) is 2. The number of carbonyl (C=O) groups excluding carboxylic acids is 2. The van der Waals surface area contributed by atoms with E-state index in [1.807, 2.05) is 31.2 Å². The average Bonchev–Trinajstić information content (AvgIpc) is 2.30. The van der Waals surface area contributed by atoms with Gasteiger partial charge in [0.1, 0.15) is 0 Å². The predicted octanol–water partition coefficient (Wildman–Crippen LogP) is 1.16. The number of rotatable bonds is 5. The summed E-state index contributed by atoms with van der Waals surface area (Å²) < 4.78 is 0. The molecule has 0 fully saturated rings. The number of amides is 2. The zero-order chi connectivity index (χ0) is 13.5. The first-order chi connectivity index (χ1) is 8.49. The lowest BCUT2D eigenvalue weighted by atomic mass is 9.97. The lowest BCUT2D eigenvalue weighted by molar-refractivity contribution is -0.114. The smallest absolute Gasteiger partial charge is 0.241 e. The summed E-state index contributed by atoms with van der Waals surface area (Å²) in [6, 6.07) is 7.77. The van der Waals surface area contributed by atoms with Crippen LogP contribution in [0.4, 0.5) is 0 Å². The van der Waals surface area contributed by atoms with Crippen molar-refractivity contribution in [1.82, 2.24) is 0 Å². The minimum Gasteiger partial charge on any atom is -0.366 e. The molecule has 0 aliphatic heterocycles. The van der Waals surface area contributed by atoms with Gasteiger partial charge in [-0.25, -0.2) is 0 Å². The average molecular weight is 244 g/mol. The van der Waals surface area contributed by atoms with Gasteiger partial charge in [0, 0.05) is 5.92 Å². The second kappa shape index (κ2) is 6.39. The van der Waals surface area contributed by atoms with Gasteiger partial charge < -0.3 is 11.5 Å². The number of allylic oxidation sites excluding steroid dienone is 2. The Morgan fingerprint density at radius 2 is 1.44 bits per heavy atom. The van der Waals surface area contributed by atoms with Crippen LogP contribution in [0.1, 0.15) is 17.0 Å². The highest BCUT2D eigenvalue weighted by Crippen LogP contribution is 2.19. The molecule has 0 aliphatic rings. The minimum absolute atomic E-state index is 0.203. The Kier molecular flexibility index (Phi) is 4.87. The molecule has 1 rings (SSSR count). The van der Waals surface area contributed by atoms with Crippen LogP contribution in [-0.2, 0) is 9.59 Å². The maximum atomic E-state index is 10.7. The third-order valence-electron chi connectivity index (χ3n) is 2.40. The van der Waals surface area contributed by atoms with E-state index in [0.717, 1.165) is 11.1 Å². The van der Waals surface area contributed by atoms with Crippen LogP contribution in [0.3, 0.4) is 0 Å². The summed E-state index contributed by atoms with van der Waals surface area (Å²) in [7, 11) is 0. The van der Waals surface area contributed by atoms with Crippen LogP contribution in [0.25, 0.3) is 0 Å². The number of carbonyl (C=O) groups is 2. The first-order valence-electron chi connectivity index (χ1n) is 5.51. The summed E-state index contributed by atoms with van der Waals surface area (Å²) in [5.74, 6) is -1.26.